The first-order valence-electron chi connectivity index (χ1n) is 6.40. The molecule has 0 fully saturated rings. The van der Waals surface area contributed by atoms with Gasteiger partial charge in [0.1, 0.15) is 5.57 Å². The average Bonchev–Trinajstić information content (AvgIpc) is 2.37. The van der Waals surface area contributed by atoms with Gasteiger partial charge in [-0.2, -0.15) is 0 Å². The third-order valence-corrected chi connectivity index (χ3v) is 2.70. The van der Waals surface area contributed by atoms with Crippen LogP contribution in [0.3, 0.4) is 0 Å². The molecule has 1 rings (SSSR count). The zero-order chi connectivity index (χ0) is 13.4. The quantitative estimate of drug-likeness (QED) is 0.248. The molecule has 0 amide bonds. The van der Waals surface area contributed by atoms with Gasteiger partial charge in [0.15, 0.2) is 0 Å². The van der Waals surface area contributed by atoms with Gasteiger partial charge in [-0.1, -0.05) is 18.2 Å². The van der Waals surface area contributed by atoms with Gasteiger partial charge in [0.25, 0.3) is 0 Å². The molecule has 1 atom stereocenters. The molecular weight excluding hydrogens is 232 g/mol. The third-order valence-electron chi connectivity index (χ3n) is 2.70. The van der Waals surface area contributed by atoms with Gasteiger partial charge in [-0.3, -0.25) is 0 Å². The molecule has 100 valence electrons. The molecule has 4 heteroatoms. The summed E-state index contributed by atoms with van der Waals surface area (Å²) in [7, 11) is 0. The van der Waals surface area contributed by atoms with E-state index in [1.807, 2.05) is 0 Å². The van der Waals surface area contributed by atoms with Crippen LogP contribution in [-0.2, 0) is 19.1 Å². The van der Waals surface area contributed by atoms with Crippen molar-refractivity contribution in [2.45, 2.75) is 33.1 Å². The Bertz CT molecular complexity index is 335. The fourth-order valence-electron chi connectivity index (χ4n) is 1.84. The van der Waals surface area contributed by atoms with Crippen molar-refractivity contribution in [2.24, 2.45) is 5.92 Å². The Morgan fingerprint density at radius 2 is 1.78 bits per heavy atom. The van der Waals surface area contributed by atoms with E-state index in [0.29, 0.717) is 0 Å². The Hall–Kier alpha value is -1.58. The molecule has 4 nitrogen and oxygen atoms in total. The molecule has 0 bridgehead atoms. The van der Waals surface area contributed by atoms with Gasteiger partial charge < -0.3 is 9.47 Å². The van der Waals surface area contributed by atoms with Crippen molar-refractivity contribution < 1.29 is 19.1 Å². The monoisotopic (exact) mass is 252 g/mol. The van der Waals surface area contributed by atoms with Crippen molar-refractivity contribution in [1.82, 2.24) is 0 Å². The molecule has 1 unspecified atom stereocenters. The third kappa shape index (κ3) is 4.35. The molecular formula is C14H20O4. The Morgan fingerprint density at radius 1 is 1.17 bits per heavy atom. The summed E-state index contributed by atoms with van der Waals surface area (Å²) in [6.07, 6.45) is 8.64. The number of ether oxygens (including phenoxy) is 2. The van der Waals surface area contributed by atoms with E-state index in [9.17, 15) is 9.59 Å². The molecule has 1 aliphatic rings. The fraction of sp³-hybridized carbons (Fsp3) is 0.571. The van der Waals surface area contributed by atoms with Gasteiger partial charge in [-0.15, -0.1) is 0 Å². The zero-order valence-electron chi connectivity index (χ0n) is 11.0. The molecule has 0 aromatic carbocycles. The Labute approximate surface area is 108 Å². The van der Waals surface area contributed by atoms with Gasteiger partial charge >= 0.3 is 11.9 Å². The van der Waals surface area contributed by atoms with Crippen LogP contribution in [0.4, 0.5) is 0 Å². The Morgan fingerprint density at radius 3 is 2.22 bits per heavy atom. The number of carbonyl (C=O) groups excluding carboxylic acids is 2. The first kappa shape index (κ1) is 14.5. The maximum absolute atomic E-state index is 11.7. The molecule has 0 heterocycles. The molecule has 0 spiro atoms. The van der Waals surface area contributed by atoms with Crippen molar-refractivity contribution in [3.63, 3.8) is 0 Å². The lowest BCUT2D eigenvalue weighted by molar-refractivity contribution is -0.146. The summed E-state index contributed by atoms with van der Waals surface area (Å²) in [6, 6.07) is 0. The minimum Gasteiger partial charge on any atom is -0.462 e. The minimum absolute atomic E-state index is 0.0269. The topological polar surface area (TPSA) is 52.6 Å². The summed E-state index contributed by atoms with van der Waals surface area (Å²) in [5.41, 5.74) is 0.0269. The first-order valence-corrected chi connectivity index (χ1v) is 6.40. The largest absolute Gasteiger partial charge is 0.462 e. The molecule has 0 aromatic rings. The van der Waals surface area contributed by atoms with Crippen molar-refractivity contribution in [2.75, 3.05) is 13.2 Å². The van der Waals surface area contributed by atoms with Crippen LogP contribution in [0, 0.1) is 5.92 Å². The van der Waals surface area contributed by atoms with Crippen LogP contribution in [0.25, 0.3) is 0 Å². The molecule has 0 aliphatic heterocycles. The lowest BCUT2D eigenvalue weighted by Gasteiger charge is -2.15. The fourth-order valence-corrected chi connectivity index (χ4v) is 1.84. The van der Waals surface area contributed by atoms with E-state index in [2.05, 4.69) is 12.2 Å². The summed E-state index contributed by atoms with van der Waals surface area (Å²) in [6.45, 7) is 3.92. The summed E-state index contributed by atoms with van der Waals surface area (Å²) >= 11 is 0. The number of allylic oxidation sites excluding steroid dienone is 3. The highest BCUT2D eigenvalue weighted by Gasteiger charge is 2.22. The molecule has 0 N–H and O–H groups in total. The smallest absolute Gasteiger partial charge is 0.345 e. The highest BCUT2D eigenvalue weighted by Crippen LogP contribution is 2.21. The maximum atomic E-state index is 11.7. The number of hydrogen-bond acceptors (Lipinski definition) is 4. The van der Waals surface area contributed by atoms with Crippen molar-refractivity contribution in [3.8, 4) is 0 Å². The zero-order valence-corrected chi connectivity index (χ0v) is 11.0. The summed E-state index contributed by atoms with van der Waals surface area (Å²) in [5.74, 6) is -0.977. The van der Waals surface area contributed by atoms with E-state index < -0.39 is 11.9 Å². The Kier molecular flexibility index (Phi) is 6.19. The van der Waals surface area contributed by atoms with Crippen molar-refractivity contribution in [1.29, 1.82) is 0 Å². The van der Waals surface area contributed by atoms with E-state index >= 15 is 0 Å². The van der Waals surface area contributed by atoms with Crippen LogP contribution in [0.2, 0.25) is 0 Å². The predicted octanol–water partition coefficient (Wildman–Crippen LogP) is 2.40. The van der Waals surface area contributed by atoms with Crippen LogP contribution in [0.1, 0.15) is 33.1 Å². The van der Waals surface area contributed by atoms with E-state index in [1.165, 1.54) is 0 Å². The lowest BCUT2D eigenvalue weighted by Crippen LogP contribution is -2.20. The highest BCUT2D eigenvalue weighted by molar-refractivity contribution is 6.14. The second-order valence-corrected chi connectivity index (χ2v) is 4.07. The number of hydrogen-bond donors (Lipinski definition) is 0. The van der Waals surface area contributed by atoms with E-state index in [1.54, 1.807) is 19.9 Å². The number of esters is 2. The van der Waals surface area contributed by atoms with Crippen LogP contribution in [0.5, 0.6) is 0 Å². The van der Waals surface area contributed by atoms with Crippen LogP contribution in [-0.4, -0.2) is 25.2 Å². The average molecular weight is 252 g/mol. The van der Waals surface area contributed by atoms with Gasteiger partial charge in [-0.05, 0) is 39.0 Å². The number of carbonyl (C=O) groups is 2. The molecule has 0 aromatic heterocycles. The molecule has 0 radical (unpaired) electrons. The first-order chi connectivity index (χ1) is 8.69. The summed E-state index contributed by atoms with van der Waals surface area (Å²) in [4.78, 5) is 23.4. The standard InChI is InChI=1S/C14H20O4/c1-3-17-13(15)12(14(16)18-4-2)10-11-8-6-5-7-9-11/h5-6,10-11H,3-4,7-9H2,1-2H3. The van der Waals surface area contributed by atoms with E-state index in [-0.39, 0.29) is 24.7 Å². The second-order valence-electron chi connectivity index (χ2n) is 4.07. The normalized spacial score (nSPS) is 18.0. The minimum atomic E-state index is -0.592. The summed E-state index contributed by atoms with van der Waals surface area (Å²) in [5, 5.41) is 0. The van der Waals surface area contributed by atoms with Gasteiger partial charge in [0.2, 0.25) is 0 Å². The van der Waals surface area contributed by atoms with Crippen molar-refractivity contribution in [3.05, 3.63) is 23.8 Å². The molecule has 18 heavy (non-hydrogen) atoms. The van der Waals surface area contributed by atoms with Crippen LogP contribution < -0.4 is 0 Å². The van der Waals surface area contributed by atoms with Gasteiger partial charge in [0, 0.05) is 0 Å². The maximum Gasteiger partial charge on any atom is 0.345 e. The molecule has 0 saturated carbocycles. The molecule has 0 saturated heterocycles. The van der Waals surface area contributed by atoms with Crippen molar-refractivity contribution >= 4 is 11.9 Å². The second kappa shape index (κ2) is 7.69. The predicted molar refractivity (Wildman–Crippen MR) is 67.8 cm³/mol. The SMILES string of the molecule is CCOC(=O)C(=CC1CC=CCC1)C(=O)OCC. The summed E-state index contributed by atoms with van der Waals surface area (Å²) < 4.78 is 9.77. The lowest BCUT2D eigenvalue weighted by atomic mass is 9.92. The number of rotatable bonds is 5. The van der Waals surface area contributed by atoms with E-state index in [0.717, 1.165) is 19.3 Å². The van der Waals surface area contributed by atoms with Crippen LogP contribution >= 0.6 is 0 Å². The van der Waals surface area contributed by atoms with Gasteiger partial charge in [-0.25, -0.2) is 9.59 Å². The Balaban J connectivity index is 2.81. The highest BCUT2D eigenvalue weighted by atomic mass is 16.6. The van der Waals surface area contributed by atoms with Crippen LogP contribution in [0.15, 0.2) is 23.8 Å². The molecule has 1 aliphatic carbocycles. The van der Waals surface area contributed by atoms with Gasteiger partial charge in [0.05, 0.1) is 13.2 Å². The van der Waals surface area contributed by atoms with E-state index in [4.69, 9.17) is 9.47 Å².